The number of furan rings is 1. The maximum Gasteiger partial charge on any atom is 0.307 e. The van der Waals surface area contributed by atoms with E-state index in [4.69, 9.17) is 25.5 Å². The van der Waals surface area contributed by atoms with E-state index in [1.807, 2.05) is 48.5 Å². The van der Waals surface area contributed by atoms with Crippen molar-refractivity contribution in [3.63, 3.8) is 0 Å². The molecule has 2 heterocycles. The second-order valence-corrected chi connectivity index (χ2v) is 10.7. The van der Waals surface area contributed by atoms with Crippen LogP contribution in [0.15, 0.2) is 119 Å². The Kier molecular flexibility index (Phi) is 8.48. The molecule has 0 unspecified atom stereocenters. The van der Waals surface area contributed by atoms with Crippen molar-refractivity contribution in [3.8, 4) is 17.2 Å². The molecule has 6 aromatic rings. The van der Waals surface area contributed by atoms with Crippen molar-refractivity contribution in [2.75, 3.05) is 0 Å². The van der Waals surface area contributed by atoms with E-state index in [9.17, 15) is 4.79 Å². The Labute approximate surface area is 260 Å². The highest BCUT2D eigenvalue weighted by Crippen LogP contribution is 2.25. The Hall–Kier alpha value is -5.27. The molecule has 220 valence electrons. The molecule has 0 spiro atoms. The lowest BCUT2D eigenvalue weighted by Crippen LogP contribution is -2.16. The highest BCUT2D eigenvalue weighted by Gasteiger charge is 2.12. The average Bonchev–Trinajstić information content (AvgIpc) is 3.65. The standard InChI is InChI=1S/C36H30ClN3O4/c1-24-10-11-25(2)40(24)30-13-15-31(16-14-30)42-23-32-17-19-35(44-32)36(41)39-38-21-28-20-29(37)12-18-34(28)43-22-27-8-5-7-26-6-3-4-9-33(26)27/h3-21H,22-23H2,1-2H3,(H,39,41)/b38-21+. The maximum absolute atomic E-state index is 12.7. The van der Waals surface area contributed by atoms with Gasteiger partial charge in [0.15, 0.2) is 5.76 Å². The van der Waals surface area contributed by atoms with Crippen LogP contribution >= 0.6 is 11.6 Å². The van der Waals surface area contributed by atoms with Crippen molar-refractivity contribution in [1.82, 2.24) is 9.99 Å². The number of carbonyl (C=O) groups is 1. The van der Waals surface area contributed by atoms with Gasteiger partial charge in [0.1, 0.15) is 30.5 Å². The summed E-state index contributed by atoms with van der Waals surface area (Å²) in [4.78, 5) is 12.7. The number of carbonyl (C=O) groups excluding carboxylic acids is 1. The second-order valence-electron chi connectivity index (χ2n) is 10.3. The molecule has 44 heavy (non-hydrogen) atoms. The predicted octanol–water partition coefficient (Wildman–Crippen LogP) is 8.42. The maximum atomic E-state index is 12.7. The third-order valence-corrected chi connectivity index (χ3v) is 7.47. The molecule has 7 nitrogen and oxygen atoms in total. The lowest BCUT2D eigenvalue weighted by molar-refractivity contribution is 0.0923. The molecule has 0 aliphatic heterocycles. The van der Waals surface area contributed by atoms with Gasteiger partial charge in [-0.2, -0.15) is 5.10 Å². The van der Waals surface area contributed by atoms with Gasteiger partial charge in [0.05, 0.1) is 6.21 Å². The van der Waals surface area contributed by atoms with Crippen LogP contribution in [0, 0.1) is 13.8 Å². The van der Waals surface area contributed by atoms with Crippen LogP contribution in [0.1, 0.15) is 38.8 Å². The molecule has 8 heteroatoms. The Bertz CT molecular complexity index is 1930. The molecule has 0 aliphatic rings. The van der Waals surface area contributed by atoms with Gasteiger partial charge in [-0.25, -0.2) is 5.43 Å². The van der Waals surface area contributed by atoms with E-state index < -0.39 is 5.91 Å². The lowest BCUT2D eigenvalue weighted by Gasteiger charge is -2.11. The van der Waals surface area contributed by atoms with E-state index >= 15 is 0 Å². The normalized spacial score (nSPS) is 11.2. The first-order valence-corrected chi connectivity index (χ1v) is 14.5. The topological polar surface area (TPSA) is 78.0 Å². The largest absolute Gasteiger partial charge is 0.488 e. The van der Waals surface area contributed by atoms with Crippen LogP contribution in [0.3, 0.4) is 0 Å². The van der Waals surface area contributed by atoms with Crippen LogP contribution < -0.4 is 14.9 Å². The van der Waals surface area contributed by atoms with E-state index in [1.54, 1.807) is 30.3 Å². The van der Waals surface area contributed by atoms with Gasteiger partial charge >= 0.3 is 5.91 Å². The molecule has 0 aliphatic carbocycles. The number of rotatable bonds is 10. The predicted molar refractivity (Wildman–Crippen MR) is 173 cm³/mol. The minimum Gasteiger partial charge on any atom is -0.488 e. The summed E-state index contributed by atoms with van der Waals surface area (Å²) >= 11 is 6.24. The van der Waals surface area contributed by atoms with Crippen molar-refractivity contribution in [3.05, 3.63) is 148 Å². The lowest BCUT2D eigenvalue weighted by atomic mass is 10.1. The number of aromatic nitrogens is 1. The minimum atomic E-state index is -0.491. The number of aryl methyl sites for hydroxylation is 2. The van der Waals surface area contributed by atoms with Gasteiger partial charge in [-0.3, -0.25) is 4.79 Å². The molecule has 0 saturated heterocycles. The number of fused-ring (bicyclic) bond motifs is 1. The molecule has 6 rings (SSSR count). The molecule has 0 radical (unpaired) electrons. The third kappa shape index (κ3) is 6.53. The van der Waals surface area contributed by atoms with E-state index in [1.165, 1.54) is 17.6 Å². The van der Waals surface area contributed by atoms with Gasteiger partial charge in [-0.1, -0.05) is 54.1 Å². The van der Waals surface area contributed by atoms with E-state index in [2.05, 4.69) is 59.3 Å². The van der Waals surface area contributed by atoms with Crippen LogP contribution in [0.2, 0.25) is 5.02 Å². The number of hydrogen-bond acceptors (Lipinski definition) is 5. The van der Waals surface area contributed by atoms with Gasteiger partial charge in [-0.05, 0) is 96.9 Å². The summed E-state index contributed by atoms with van der Waals surface area (Å²) in [6.07, 6.45) is 1.50. The molecule has 0 atom stereocenters. The Morgan fingerprint density at radius 2 is 1.64 bits per heavy atom. The van der Waals surface area contributed by atoms with Crippen molar-refractivity contribution in [1.29, 1.82) is 0 Å². The fraction of sp³-hybridized carbons (Fsp3) is 0.111. The first kappa shape index (κ1) is 28.8. The molecular weight excluding hydrogens is 574 g/mol. The molecule has 4 aromatic carbocycles. The summed E-state index contributed by atoms with van der Waals surface area (Å²) in [6.45, 7) is 4.69. The average molecular weight is 604 g/mol. The Morgan fingerprint density at radius 1 is 0.864 bits per heavy atom. The molecule has 0 saturated carbocycles. The van der Waals surface area contributed by atoms with Gasteiger partial charge in [0.2, 0.25) is 0 Å². The number of halogens is 1. The Morgan fingerprint density at radius 3 is 2.45 bits per heavy atom. The quantitative estimate of drug-likeness (QED) is 0.126. The van der Waals surface area contributed by atoms with Crippen LogP contribution in [0.25, 0.3) is 16.5 Å². The van der Waals surface area contributed by atoms with Crippen molar-refractivity contribution < 1.29 is 18.7 Å². The zero-order valence-corrected chi connectivity index (χ0v) is 25.0. The number of amides is 1. The summed E-state index contributed by atoms with van der Waals surface area (Å²) in [5.74, 6) is 1.43. The van der Waals surface area contributed by atoms with Crippen molar-refractivity contribution >= 4 is 34.5 Å². The van der Waals surface area contributed by atoms with Gasteiger partial charge in [0, 0.05) is 27.7 Å². The van der Waals surface area contributed by atoms with Gasteiger partial charge in [0.25, 0.3) is 0 Å². The van der Waals surface area contributed by atoms with Crippen LogP contribution in [-0.4, -0.2) is 16.7 Å². The highest BCUT2D eigenvalue weighted by molar-refractivity contribution is 6.30. The molecule has 2 aromatic heterocycles. The zero-order valence-electron chi connectivity index (χ0n) is 24.3. The fourth-order valence-electron chi connectivity index (χ4n) is 5.04. The molecule has 1 amide bonds. The summed E-state index contributed by atoms with van der Waals surface area (Å²) in [6, 6.07) is 34.9. The van der Waals surface area contributed by atoms with Gasteiger partial charge in [-0.15, -0.1) is 0 Å². The van der Waals surface area contributed by atoms with E-state index in [0.29, 0.717) is 34.5 Å². The molecule has 0 bridgehead atoms. The van der Waals surface area contributed by atoms with Crippen LogP contribution in [0.4, 0.5) is 0 Å². The smallest absolute Gasteiger partial charge is 0.307 e. The first-order valence-electron chi connectivity index (χ1n) is 14.1. The molecule has 1 N–H and O–H groups in total. The number of benzene rings is 4. The zero-order chi connectivity index (χ0) is 30.5. The first-order chi connectivity index (χ1) is 21.4. The Balaban J connectivity index is 1.05. The highest BCUT2D eigenvalue weighted by atomic mass is 35.5. The number of nitrogens with one attached hydrogen (secondary N) is 1. The third-order valence-electron chi connectivity index (χ3n) is 7.24. The summed E-state index contributed by atoms with van der Waals surface area (Å²) in [5.41, 5.74) is 7.59. The van der Waals surface area contributed by atoms with Crippen LogP contribution in [-0.2, 0) is 13.2 Å². The van der Waals surface area contributed by atoms with Crippen molar-refractivity contribution in [2.24, 2.45) is 5.10 Å². The number of nitrogens with zero attached hydrogens (tertiary/aromatic N) is 2. The number of hydrazone groups is 1. The van der Waals surface area contributed by atoms with Crippen molar-refractivity contribution in [2.45, 2.75) is 27.1 Å². The summed E-state index contributed by atoms with van der Waals surface area (Å²) < 4.78 is 19.9. The number of ether oxygens (including phenoxy) is 2. The second kappa shape index (κ2) is 12.9. The van der Waals surface area contributed by atoms with E-state index in [0.717, 1.165) is 22.0 Å². The van der Waals surface area contributed by atoms with E-state index in [-0.39, 0.29) is 12.4 Å². The fourth-order valence-corrected chi connectivity index (χ4v) is 5.22. The molecular formula is C36H30ClN3O4. The van der Waals surface area contributed by atoms with Gasteiger partial charge < -0.3 is 18.5 Å². The number of hydrogen-bond donors (Lipinski definition) is 1. The minimum absolute atomic E-state index is 0.119. The SMILES string of the molecule is Cc1ccc(C)n1-c1ccc(OCc2ccc(C(=O)N/N=C/c3cc(Cl)ccc3OCc3cccc4ccccc34)o2)cc1. The van der Waals surface area contributed by atoms with Crippen LogP contribution in [0.5, 0.6) is 11.5 Å². The summed E-state index contributed by atoms with van der Waals surface area (Å²) in [5, 5.41) is 6.91. The monoisotopic (exact) mass is 603 g/mol. The summed E-state index contributed by atoms with van der Waals surface area (Å²) in [7, 11) is 0. The molecule has 0 fully saturated rings.